The average Bonchev–Trinajstić information content (AvgIpc) is 3.34. The van der Waals surface area contributed by atoms with E-state index in [0.717, 1.165) is 25.7 Å². The Balaban J connectivity index is 1.43. The second-order valence-corrected chi connectivity index (χ2v) is 12.6. The highest BCUT2D eigenvalue weighted by atomic mass is 15.3. The Bertz CT molecular complexity index is 1930. The third-order valence-corrected chi connectivity index (χ3v) is 11.0. The Hall–Kier alpha value is -4.12. The maximum Gasteiger partial charge on any atom is 0.434 e. The topological polar surface area (TPSA) is 59.8 Å². The summed E-state index contributed by atoms with van der Waals surface area (Å²) in [6, 6.07) is 25.1. The van der Waals surface area contributed by atoms with Gasteiger partial charge in [-0.15, -0.1) is 9.13 Å². The fraction of sp³-hybridized carbons (Fsp3) is 0.243. The lowest BCUT2D eigenvalue weighted by Gasteiger charge is -2.43. The van der Waals surface area contributed by atoms with E-state index in [0.29, 0.717) is 0 Å². The maximum atomic E-state index is 7.94. The fourth-order valence-corrected chi connectivity index (χ4v) is 9.66. The van der Waals surface area contributed by atoms with Crippen LogP contribution < -0.4 is 20.6 Å². The van der Waals surface area contributed by atoms with Gasteiger partial charge in [-0.25, -0.2) is 0 Å². The quantitative estimate of drug-likeness (QED) is 0.325. The first-order valence-electron chi connectivity index (χ1n) is 15.1. The van der Waals surface area contributed by atoms with Gasteiger partial charge in [0, 0.05) is 0 Å². The van der Waals surface area contributed by atoms with Gasteiger partial charge in [0.2, 0.25) is 0 Å². The van der Waals surface area contributed by atoms with Gasteiger partial charge in [0.05, 0.1) is 28.3 Å². The lowest BCUT2D eigenvalue weighted by molar-refractivity contribution is -0.881. The summed E-state index contributed by atoms with van der Waals surface area (Å²) in [5, 5.41) is 0. The van der Waals surface area contributed by atoms with Crippen molar-refractivity contribution in [1.82, 2.24) is 0 Å². The molecule has 3 aliphatic carbocycles. The molecule has 4 N–H and O–H groups in total. The molecule has 4 heteroatoms. The van der Waals surface area contributed by atoms with E-state index in [2.05, 4.69) is 102 Å². The first kappa shape index (κ1) is 22.6. The molecule has 5 aliphatic rings. The van der Waals surface area contributed by atoms with Crippen molar-refractivity contribution in [3.63, 3.8) is 0 Å². The molecule has 0 saturated heterocycles. The van der Waals surface area contributed by atoms with Crippen LogP contribution in [-0.2, 0) is 37.0 Å². The second-order valence-electron chi connectivity index (χ2n) is 12.6. The summed E-state index contributed by atoms with van der Waals surface area (Å²) >= 11 is 0. The van der Waals surface area contributed by atoms with E-state index in [1.807, 2.05) is 0 Å². The van der Waals surface area contributed by atoms with Gasteiger partial charge in [0.25, 0.3) is 11.3 Å². The summed E-state index contributed by atoms with van der Waals surface area (Å²) in [5.74, 6) is 1.31. The van der Waals surface area contributed by atoms with Crippen molar-refractivity contribution < 1.29 is 9.13 Å². The smallest absolute Gasteiger partial charge is 0.262 e. The molecule has 2 atom stereocenters. The molecule has 2 aliphatic heterocycles. The minimum absolute atomic E-state index is 0.116. The van der Waals surface area contributed by atoms with Crippen molar-refractivity contribution in [2.45, 2.75) is 56.8 Å². The van der Waals surface area contributed by atoms with Gasteiger partial charge in [0.1, 0.15) is 0 Å². The molecule has 0 fully saturated rings. The van der Waals surface area contributed by atoms with Gasteiger partial charge < -0.3 is 0 Å². The summed E-state index contributed by atoms with van der Waals surface area (Å²) in [5.41, 5.74) is 32.9. The van der Waals surface area contributed by atoms with Crippen LogP contribution in [-0.4, -0.2) is 0 Å². The zero-order valence-electron chi connectivity index (χ0n) is 23.5. The van der Waals surface area contributed by atoms with Crippen LogP contribution in [0.25, 0.3) is 11.1 Å². The fourth-order valence-electron chi connectivity index (χ4n) is 9.66. The first-order valence-corrected chi connectivity index (χ1v) is 15.1. The number of aromatic nitrogens is 2. The van der Waals surface area contributed by atoms with Crippen molar-refractivity contribution in [2.75, 3.05) is 0 Å². The summed E-state index contributed by atoms with van der Waals surface area (Å²) < 4.78 is 4.82. The number of hydrogen-bond acceptors (Lipinski definition) is 2. The molecule has 0 radical (unpaired) electrons. The Kier molecular flexibility index (Phi) is 3.86. The molecular formula is C37H32N4+2. The lowest BCUT2D eigenvalue weighted by atomic mass is 9.66. The number of fused-ring (bicyclic) bond motifs is 7. The Morgan fingerprint density at radius 3 is 1.54 bits per heavy atom. The predicted octanol–water partition coefficient (Wildman–Crippen LogP) is 4.40. The molecule has 0 saturated carbocycles. The molecule has 198 valence electrons. The first-order chi connectivity index (χ1) is 20.0. The SMILES string of the molecule is CCc1cccc2c1C1(N)c3c(ccc4c3C3c5c-4ccc4c5C(N)(c5c(CC)cccc5C4)[n+]4ccc[n+]1c43)C2. The highest BCUT2D eigenvalue weighted by Crippen LogP contribution is 2.60. The third-order valence-electron chi connectivity index (χ3n) is 11.0. The van der Waals surface area contributed by atoms with E-state index in [9.17, 15) is 0 Å². The molecule has 3 heterocycles. The van der Waals surface area contributed by atoms with Gasteiger partial charge in [-0.3, -0.25) is 11.5 Å². The molecule has 0 spiro atoms. The van der Waals surface area contributed by atoms with Gasteiger partial charge in [-0.05, 0) is 81.3 Å². The van der Waals surface area contributed by atoms with E-state index >= 15 is 0 Å². The number of rotatable bonds is 2. The summed E-state index contributed by atoms with van der Waals surface area (Å²) in [6.07, 6.45) is 8.17. The van der Waals surface area contributed by atoms with Crippen LogP contribution >= 0.6 is 0 Å². The van der Waals surface area contributed by atoms with Gasteiger partial charge in [0.15, 0.2) is 18.3 Å². The van der Waals surface area contributed by atoms with Crippen molar-refractivity contribution >= 4 is 0 Å². The molecule has 1 aromatic heterocycles. The van der Waals surface area contributed by atoms with Crippen LogP contribution in [0.15, 0.2) is 79.1 Å². The number of aryl methyl sites for hydroxylation is 2. The average molecular weight is 533 g/mol. The zero-order valence-corrected chi connectivity index (χ0v) is 23.5. The van der Waals surface area contributed by atoms with E-state index in [1.165, 1.54) is 83.7 Å². The number of nitrogens with zero attached hydrogens (tertiary/aromatic N) is 2. The van der Waals surface area contributed by atoms with E-state index in [1.54, 1.807) is 0 Å². The highest BCUT2D eigenvalue weighted by Gasteiger charge is 2.67. The van der Waals surface area contributed by atoms with Crippen LogP contribution in [0.3, 0.4) is 0 Å². The van der Waals surface area contributed by atoms with Crippen LogP contribution in [0.4, 0.5) is 0 Å². The molecule has 0 amide bonds. The number of benzene rings is 4. The maximum absolute atomic E-state index is 7.94. The van der Waals surface area contributed by atoms with E-state index in [-0.39, 0.29) is 5.92 Å². The standard InChI is InChI=1S/C37H32N4/c1-3-20-8-5-10-22-18-24-12-14-26-27-15-13-25-19-23-11-6-9-21(4-2)32(23)37(39)34(25)29(27)30-28(26)33(24)36(38,31(20)22)40-16-7-17-41(37)35(30)40/h5-17,30H,3-4,18-19,38-39H2,1-2H3/q+2. The van der Waals surface area contributed by atoms with Gasteiger partial charge >= 0.3 is 5.82 Å². The molecule has 10 rings (SSSR count). The monoisotopic (exact) mass is 532 g/mol. The molecule has 2 unspecified atom stereocenters. The molecule has 4 nitrogen and oxygen atoms in total. The number of nitrogens with two attached hydrogens (primary N) is 2. The highest BCUT2D eigenvalue weighted by molar-refractivity contribution is 5.86. The van der Waals surface area contributed by atoms with Crippen molar-refractivity contribution in [2.24, 2.45) is 11.5 Å². The number of hydrogen-bond donors (Lipinski definition) is 2. The van der Waals surface area contributed by atoms with Gasteiger partial charge in [-0.1, -0.05) is 74.5 Å². The van der Waals surface area contributed by atoms with Crippen LogP contribution in [0.2, 0.25) is 0 Å². The van der Waals surface area contributed by atoms with Crippen LogP contribution in [0, 0.1) is 0 Å². The molecular weight excluding hydrogens is 500 g/mol. The predicted molar refractivity (Wildman–Crippen MR) is 158 cm³/mol. The minimum atomic E-state index is -0.809. The molecule has 4 aromatic carbocycles. The third kappa shape index (κ3) is 2.23. The Morgan fingerprint density at radius 1 is 0.610 bits per heavy atom. The van der Waals surface area contributed by atoms with E-state index in [4.69, 9.17) is 11.5 Å². The lowest BCUT2D eigenvalue weighted by Crippen LogP contribution is -2.79. The summed E-state index contributed by atoms with van der Waals surface area (Å²) in [4.78, 5) is 0. The Labute approximate surface area is 239 Å². The Morgan fingerprint density at radius 2 is 1.07 bits per heavy atom. The normalized spacial score (nSPS) is 24.0. The molecule has 0 bridgehead atoms. The van der Waals surface area contributed by atoms with Crippen molar-refractivity contribution in [3.8, 4) is 11.1 Å². The zero-order chi connectivity index (χ0) is 27.4. The minimum Gasteiger partial charge on any atom is -0.262 e. The van der Waals surface area contributed by atoms with Gasteiger partial charge in [-0.2, -0.15) is 0 Å². The summed E-state index contributed by atoms with van der Waals surface area (Å²) in [6.45, 7) is 4.50. The van der Waals surface area contributed by atoms with Crippen molar-refractivity contribution in [3.05, 3.63) is 152 Å². The summed E-state index contributed by atoms with van der Waals surface area (Å²) in [7, 11) is 0. The van der Waals surface area contributed by atoms with E-state index < -0.39 is 11.3 Å². The molecule has 41 heavy (non-hydrogen) atoms. The largest absolute Gasteiger partial charge is 0.434 e. The second kappa shape index (κ2) is 7.02. The van der Waals surface area contributed by atoms with Crippen LogP contribution in [0.1, 0.15) is 92.4 Å². The van der Waals surface area contributed by atoms with Crippen LogP contribution in [0.5, 0.6) is 0 Å². The molecule has 5 aromatic rings. The van der Waals surface area contributed by atoms with Crippen molar-refractivity contribution in [1.29, 1.82) is 0 Å².